The molecule has 5 nitrogen and oxygen atoms in total. The third-order valence-electron chi connectivity index (χ3n) is 4.34. The van der Waals surface area contributed by atoms with Crippen LogP contribution in [0.3, 0.4) is 0 Å². The van der Waals surface area contributed by atoms with Crippen LogP contribution < -0.4 is 15.4 Å². The molecule has 1 fully saturated rings. The second kappa shape index (κ2) is 11.7. The summed E-state index contributed by atoms with van der Waals surface area (Å²) in [5.74, 6) is 1.33. The van der Waals surface area contributed by atoms with Crippen LogP contribution in [0.5, 0.6) is 5.75 Å². The molecule has 0 aliphatic carbocycles. The Kier molecular flexibility index (Phi) is 9.12. The van der Waals surface area contributed by atoms with Crippen molar-refractivity contribution in [2.24, 2.45) is 4.99 Å². The van der Waals surface area contributed by atoms with E-state index >= 15 is 0 Å². The third kappa shape index (κ3) is 8.20. The summed E-state index contributed by atoms with van der Waals surface area (Å²) in [4.78, 5) is 6.76. The molecule has 1 heterocycles. The van der Waals surface area contributed by atoms with Gasteiger partial charge in [0, 0.05) is 26.7 Å². The SMILES string of the molecule is CN=C(NCCCCOc1ccc(F)cc1)NCCN1CCCCC1. The molecule has 140 valence electrons. The number of halogens is 1. The topological polar surface area (TPSA) is 48.9 Å². The van der Waals surface area contributed by atoms with Crippen molar-refractivity contribution in [3.05, 3.63) is 30.1 Å². The highest BCUT2D eigenvalue weighted by atomic mass is 19.1. The molecule has 0 atom stereocenters. The number of hydrogen-bond donors (Lipinski definition) is 2. The van der Waals surface area contributed by atoms with Crippen LogP contribution >= 0.6 is 0 Å². The molecule has 2 rings (SSSR count). The molecular formula is C19H31FN4O. The van der Waals surface area contributed by atoms with Gasteiger partial charge in [0.1, 0.15) is 11.6 Å². The van der Waals surface area contributed by atoms with Gasteiger partial charge < -0.3 is 20.3 Å². The molecule has 0 bridgehead atoms. The molecule has 1 aromatic carbocycles. The lowest BCUT2D eigenvalue weighted by molar-refractivity contribution is 0.232. The maximum atomic E-state index is 12.8. The van der Waals surface area contributed by atoms with Crippen molar-refractivity contribution in [1.29, 1.82) is 0 Å². The Labute approximate surface area is 150 Å². The number of ether oxygens (including phenoxy) is 1. The smallest absolute Gasteiger partial charge is 0.191 e. The second-order valence-corrected chi connectivity index (χ2v) is 6.34. The number of benzene rings is 1. The predicted octanol–water partition coefficient (Wildman–Crippen LogP) is 2.64. The van der Waals surface area contributed by atoms with Crippen molar-refractivity contribution in [3.8, 4) is 5.75 Å². The van der Waals surface area contributed by atoms with Gasteiger partial charge in [-0.15, -0.1) is 0 Å². The molecule has 0 saturated carbocycles. The summed E-state index contributed by atoms with van der Waals surface area (Å²) in [6.07, 6.45) is 5.96. The van der Waals surface area contributed by atoms with E-state index < -0.39 is 0 Å². The van der Waals surface area contributed by atoms with E-state index in [9.17, 15) is 4.39 Å². The average molecular weight is 350 g/mol. The zero-order chi connectivity index (χ0) is 17.7. The zero-order valence-electron chi connectivity index (χ0n) is 15.3. The fourth-order valence-electron chi connectivity index (χ4n) is 2.89. The van der Waals surface area contributed by atoms with Gasteiger partial charge in [0.2, 0.25) is 0 Å². The van der Waals surface area contributed by atoms with Gasteiger partial charge in [0.25, 0.3) is 0 Å². The number of aliphatic imine (C=N–C) groups is 1. The number of nitrogens with zero attached hydrogens (tertiary/aromatic N) is 2. The molecule has 0 unspecified atom stereocenters. The van der Waals surface area contributed by atoms with Gasteiger partial charge in [-0.1, -0.05) is 6.42 Å². The number of rotatable bonds is 9. The maximum absolute atomic E-state index is 12.8. The summed E-state index contributed by atoms with van der Waals surface area (Å²) < 4.78 is 18.4. The van der Waals surface area contributed by atoms with Crippen LogP contribution in [0, 0.1) is 5.82 Å². The van der Waals surface area contributed by atoms with Crippen molar-refractivity contribution < 1.29 is 9.13 Å². The summed E-state index contributed by atoms with van der Waals surface area (Å²) in [6.45, 7) is 5.94. The normalized spacial score (nSPS) is 15.8. The Morgan fingerprint density at radius 3 is 2.52 bits per heavy atom. The van der Waals surface area contributed by atoms with Gasteiger partial charge in [-0.2, -0.15) is 0 Å². The van der Waals surface area contributed by atoms with Crippen molar-refractivity contribution in [2.75, 3.05) is 46.4 Å². The number of unbranched alkanes of at least 4 members (excludes halogenated alkanes) is 1. The highest BCUT2D eigenvalue weighted by Crippen LogP contribution is 2.11. The van der Waals surface area contributed by atoms with Crippen molar-refractivity contribution in [1.82, 2.24) is 15.5 Å². The Morgan fingerprint density at radius 2 is 1.80 bits per heavy atom. The number of guanidine groups is 1. The molecule has 0 spiro atoms. The molecule has 0 radical (unpaired) electrons. The van der Waals surface area contributed by atoms with Crippen molar-refractivity contribution >= 4 is 5.96 Å². The first-order valence-corrected chi connectivity index (χ1v) is 9.33. The van der Waals surface area contributed by atoms with Gasteiger partial charge in [-0.3, -0.25) is 4.99 Å². The first-order valence-electron chi connectivity index (χ1n) is 9.33. The van der Waals surface area contributed by atoms with Gasteiger partial charge >= 0.3 is 0 Å². The van der Waals surface area contributed by atoms with E-state index in [1.165, 1.54) is 44.5 Å². The third-order valence-corrected chi connectivity index (χ3v) is 4.34. The Balaban J connectivity index is 1.48. The van der Waals surface area contributed by atoms with Crippen LogP contribution in [0.1, 0.15) is 32.1 Å². The van der Waals surface area contributed by atoms with Gasteiger partial charge in [0.15, 0.2) is 5.96 Å². The lowest BCUT2D eigenvalue weighted by Crippen LogP contribution is -2.42. The molecule has 6 heteroatoms. The van der Waals surface area contributed by atoms with E-state index in [0.29, 0.717) is 12.4 Å². The van der Waals surface area contributed by atoms with Crippen molar-refractivity contribution in [3.63, 3.8) is 0 Å². The molecule has 1 aliphatic heterocycles. The first-order chi connectivity index (χ1) is 12.3. The summed E-state index contributed by atoms with van der Waals surface area (Å²) >= 11 is 0. The van der Waals surface area contributed by atoms with Crippen molar-refractivity contribution in [2.45, 2.75) is 32.1 Å². The molecule has 1 aromatic rings. The Hall–Kier alpha value is -1.82. The fraction of sp³-hybridized carbons (Fsp3) is 0.632. The first kappa shape index (κ1) is 19.5. The van der Waals surface area contributed by atoms with E-state index in [1.54, 1.807) is 19.2 Å². The minimum Gasteiger partial charge on any atom is -0.494 e. The number of hydrogen-bond acceptors (Lipinski definition) is 3. The quantitative estimate of drug-likeness (QED) is 0.408. The highest BCUT2D eigenvalue weighted by Gasteiger charge is 2.09. The van der Waals surface area contributed by atoms with Gasteiger partial charge in [0.05, 0.1) is 6.61 Å². The lowest BCUT2D eigenvalue weighted by atomic mass is 10.1. The van der Waals surface area contributed by atoms with Gasteiger partial charge in [-0.25, -0.2) is 4.39 Å². The Bertz CT molecular complexity index is 501. The van der Waals surface area contributed by atoms with Crippen LogP contribution in [0.2, 0.25) is 0 Å². The largest absolute Gasteiger partial charge is 0.494 e. The van der Waals surface area contributed by atoms with Crippen LogP contribution in [-0.2, 0) is 0 Å². The van der Waals surface area contributed by atoms with Crippen LogP contribution in [0.15, 0.2) is 29.3 Å². The second-order valence-electron chi connectivity index (χ2n) is 6.34. The summed E-state index contributed by atoms with van der Waals surface area (Å²) in [6, 6.07) is 6.14. The number of nitrogens with one attached hydrogen (secondary N) is 2. The minimum absolute atomic E-state index is 0.240. The molecule has 0 aromatic heterocycles. The van der Waals surface area contributed by atoms with E-state index in [2.05, 4.69) is 20.5 Å². The summed E-state index contributed by atoms with van der Waals surface area (Å²) in [7, 11) is 1.80. The number of likely N-dealkylation sites (tertiary alicyclic amines) is 1. The zero-order valence-corrected chi connectivity index (χ0v) is 15.3. The average Bonchev–Trinajstić information content (AvgIpc) is 2.65. The fourth-order valence-corrected chi connectivity index (χ4v) is 2.89. The molecular weight excluding hydrogens is 319 g/mol. The molecule has 1 saturated heterocycles. The van der Waals surface area contributed by atoms with Crippen LogP contribution in [0.25, 0.3) is 0 Å². The lowest BCUT2D eigenvalue weighted by Gasteiger charge is -2.26. The van der Waals surface area contributed by atoms with Crippen LogP contribution in [-0.4, -0.2) is 57.2 Å². The maximum Gasteiger partial charge on any atom is 0.191 e. The predicted molar refractivity (Wildman–Crippen MR) is 101 cm³/mol. The molecule has 1 aliphatic rings. The number of piperidine rings is 1. The summed E-state index contributed by atoms with van der Waals surface area (Å²) in [5.41, 5.74) is 0. The van der Waals surface area contributed by atoms with E-state index in [1.807, 2.05) is 0 Å². The standard InChI is InChI=1S/C19H31FN4O/c1-21-19(23-12-15-24-13-4-2-5-14-24)22-11-3-6-16-25-18-9-7-17(20)8-10-18/h7-10H,2-6,11-16H2,1H3,(H2,21,22,23). The van der Waals surface area contributed by atoms with Crippen LogP contribution in [0.4, 0.5) is 4.39 Å². The Morgan fingerprint density at radius 1 is 1.08 bits per heavy atom. The minimum atomic E-state index is -0.240. The van der Waals surface area contributed by atoms with E-state index in [0.717, 1.165) is 38.4 Å². The molecule has 25 heavy (non-hydrogen) atoms. The monoisotopic (exact) mass is 350 g/mol. The molecule has 0 amide bonds. The molecule has 2 N–H and O–H groups in total. The highest BCUT2D eigenvalue weighted by molar-refractivity contribution is 5.79. The van der Waals surface area contributed by atoms with Gasteiger partial charge in [-0.05, 0) is 63.0 Å². The van der Waals surface area contributed by atoms with E-state index in [4.69, 9.17) is 4.74 Å². The van der Waals surface area contributed by atoms with E-state index in [-0.39, 0.29) is 5.82 Å². The summed E-state index contributed by atoms with van der Waals surface area (Å²) in [5, 5.41) is 6.70.